The summed E-state index contributed by atoms with van der Waals surface area (Å²) in [4.78, 5) is 0. The molecule has 0 amide bonds. The van der Waals surface area contributed by atoms with Crippen molar-refractivity contribution in [1.82, 2.24) is 0 Å². The minimum Gasteiger partial charge on any atom is -0.135 e. The SMILES string of the molecule is c1ccc(-c2ccc(-c3c4ccccc4c(-c4ccc5ccccc5c4)c4cc(-c5cccc6c5sc5ccccc56)ccc34)c3ccccc23)cc1. The van der Waals surface area contributed by atoms with Gasteiger partial charge >= 0.3 is 0 Å². The Morgan fingerprint density at radius 2 is 0.868 bits per heavy atom. The van der Waals surface area contributed by atoms with Gasteiger partial charge in [-0.3, -0.25) is 0 Å². The maximum absolute atomic E-state index is 2.47. The van der Waals surface area contributed by atoms with E-state index in [9.17, 15) is 0 Å². The van der Waals surface area contributed by atoms with Crippen molar-refractivity contribution in [3.63, 3.8) is 0 Å². The predicted octanol–water partition coefficient (Wildman–Crippen LogP) is 15.3. The Balaban J connectivity index is 1.26. The molecule has 0 N–H and O–H groups in total. The van der Waals surface area contributed by atoms with E-state index in [1.807, 2.05) is 11.3 Å². The molecule has 11 aromatic rings. The zero-order valence-corrected chi connectivity index (χ0v) is 29.7. The standard InChI is InChI=1S/C52H32S/c1-2-14-34(15-3-1)38-29-30-45(41-18-7-6-17-40(38)41)51-44-21-9-8-20-43(44)50(37-26-25-33-13-4-5-16-35(33)31-37)48-32-36(27-28-46(48)51)39-22-12-23-47-42-19-10-11-24-49(42)53-52(39)47/h1-32H. The van der Waals surface area contributed by atoms with Crippen LogP contribution in [0.5, 0.6) is 0 Å². The normalized spacial score (nSPS) is 11.8. The topological polar surface area (TPSA) is 0 Å². The van der Waals surface area contributed by atoms with Gasteiger partial charge in [0, 0.05) is 20.2 Å². The molecule has 0 spiro atoms. The van der Waals surface area contributed by atoms with Crippen LogP contribution in [0.1, 0.15) is 0 Å². The van der Waals surface area contributed by atoms with E-state index in [0.717, 1.165) is 0 Å². The van der Waals surface area contributed by atoms with Crippen molar-refractivity contribution < 1.29 is 0 Å². The molecule has 53 heavy (non-hydrogen) atoms. The molecule has 0 aliphatic heterocycles. The maximum atomic E-state index is 2.47. The van der Waals surface area contributed by atoms with Crippen LogP contribution in [0, 0.1) is 0 Å². The first-order chi connectivity index (χ1) is 26.3. The van der Waals surface area contributed by atoms with Gasteiger partial charge in [-0.1, -0.05) is 176 Å². The highest BCUT2D eigenvalue weighted by molar-refractivity contribution is 7.26. The highest BCUT2D eigenvalue weighted by Gasteiger charge is 2.21. The molecule has 0 radical (unpaired) electrons. The van der Waals surface area contributed by atoms with Gasteiger partial charge in [-0.05, 0) is 106 Å². The van der Waals surface area contributed by atoms with Crippen molar-refractivity contribution in [2.24, 2.45) is 0 Å². The maximum Gasteiger partial charge on any atom is 0.0433 e. The summed E-state index contributed by atoms with van der Waals surface area (Å²) < 4.78 is 2.66. The molecule has 11 rings (SSSR count). The fourth-order valence-corrected chi connectivity index (χ4v) is 9.89. The number of fused-ring (bicyclic) bond motifs is 7. The van der Waals surface area contributed by atoms with Gasteiger partial charge in [0.05, 0.1) is 0 Å². The van der Waals surface area contributed by atoms with Gasteiger partial charge in [-0.2, -0.15) is 0 Å². The minimum atomic E-state index is 1.23. The molecule has 0 fully saturated rings. The molecule has 1 aromatic heterocycles. The molecule has 0 bridgehead atoms. The smallest absolute Gasteiger partial charge is 0.0433 e. The molecular weight excluding hydrogens is 657 g/mol. The summed E-state index contributed by atoms with van der Waals surface area (Å²) in [6.45, 7) is 0. The molecule has 0 nitrogen and oxygen atoms in total. The molecule has 1 heteroatoms. The van der Waals surface area contributed by atoms with Crippen LogP contribution in [0.2, 0.25) is 0 Å². The Morgan fingerprint density at radius 3 is 1.70 bits per heavy atom. The molecule has 1 heterocycles. The van der Waals surface area contributed by atoms with Crippen LogP contribution in [0.15, 0.2) is 194 Å². The first-order valence-corrected chi connectivity index (χ1v) is 19.1. The molecule has 0 atom stereocenters. The minimum absolute atomic E-state index is 1.23. The van der Waals surface area contributed by atoms with E-state index < -0.39 is 0 Å². The molecule has 0 saturated carbocycles. The van der Waals surface area contributed by atoms with Gasteiger partial charge in [0.15, 0.2) is 0 Å². The van der Waals surface area contributed by atoms with E-state index in [1.54, 1.807) is 0 Å². The van der Waals surface area contributed by atoms with E-state index in [4.69, 9.17) is 0 Å². The Bertz CT molecular complexity index is 3220. The summed E-state index contributed by atoms with van der Waals surface area (Å²) in [5.41, 5.74) is 10.1. The second-order valence-corrected chi connectivity index (χ2v) is 15.0. The van der Waals surface area contributed by atoms with Crippen LogP contribution in [0.4, 0.5) is 0 Å². The molecule has 246 valence electrons. The molecule has 10 aromatic carbocycles. The van der Waals surface area contributed by atoms with Crippen molar-refractivity contribution in [2.75, 3.05) is 0 Å². The third-order valence-corrected chi connectivity index (χ3v) is 12.3. The summed E-state index contributed by atoms with van der Waals surface area (Å²) in [6.07, 6.45) is 0. The van der Waals surface area contributed by atoms with Crippen LogP contribution < -0.4 is 0 Å². The average Bonchev–Trinajstić information content (AvgIpc) is 3.61. The third kappa shape index (κ3) is 4.75. The van der Waals surface area contributed by atoms with Crippen LogP contribution in [0.3, 0.4) is 0 Å². The van der Waals surface area contributed by atoms with Gasteiger partial charge in [0.1, 0.15) is 0 Å². The van der Waals surface area contributed by atoms with E-state index in [2.05, 4.69) is 194 Å². The lowest BCUT2D eigenvalue weighted by molar-refractivity contribution is 1.64. The van der Waals surface area contributed by atoms with Crippen molar-refractivity contribution in [3.8, 4) is 44.5 Å². The Hall–Kier alpha value is -6.54. The van der Waals surface area contributed by atoms with Gasteiger partial charge in [-0.25, -0.2) is 0 Å². The molecule has 0 saturated heterocycles. The highest BCUT2D eigenvalue weighted by atomic mass is 32.1. The van der Waals surface area contributed by atoms with Gasteiger partial charge in [-0.15, -0.1) is 11.3 Å². The van der Waals surface area contributed by atoms with Crippen molar-refractivity contribution in [2.45, 2.75) is 0 Å². The first-order valence-electron chi connectivity index (χ1n) is 18.3. The Morgan fingerprint density at radius 1 is 0.264 bits per heavy atom. The zero-order chi connectivity index (χ0) is 34.9. The fourth-order valence-electron chi connectivity index (χ4n) is 8.65. The van der Waals surface area contributed by atoms with Gasteiger partial charge < -0.3 is 0 Å². The molecular formula is C52H32S. The monoisotopic (exact) mass is 688 g/mol. The number of hydrogen-bond donors (Lipinski definition) is 0. The number of hydrogen-bond acceptors (Lipinski definition) is 1. The lowest BCUT2D eigenvalue weighted by Gasteiger charge is -2.20. The van der Waals surface area contributed by atoms with E-state index >= 15 is 0 Å². The average molecular weight is 689 g/mol. The number of benzene rings is 10. The lowest BCUT2D eigenvalue weighted by Crippen LogP contribution is -1.93. The van der Waals surface area contributed by atoms with Crippen LogP contribution in [-0.2, 0) is 0 Å². The molecule has 0 unspecified atom stereocenters. The molecule has 0 aliphatic rings. The van der Waals surface area contributed by atoms with E-state index in [1.165, 1.54) is 108 Å². The number of rotatable bonds is 4. The largest absolute Gasteiger partial charge is 0.135 e. The summed E-state index contributed by atoms with van der Waals surface area (Å²) >= 11 is 1.89. The number of thiophene rings is 1. The highest BCUT2D eigenvalue weighted by Crippen LogP contribution is 2.48. The summed E-state index contributed by atoms with van der Waals surface area (Å²) in [6, 6.07) is 71.8. The van der Waals surface area contributed by atoms with Gasteiger partial charge in [0.25, 0.3) is 0 Å². The quantitative estimate of drug-likeness (QED) is 0.162. The Labute approximate surface area is 311 Å². The van der Waals surface area contributed by atoms with E-state index in [0.29, 0.717) is 0 Å². The lowest BCUT2D eigenvalue weighted by atomic mass is 9.82. The third-order valence-electron chi connectivity index (χ3n) is 11.1. The van der Waals surface area contributed by atoms with Crippen LogP contribution in [-0.4, -0.2) is 0 Å². The second kappa shape index (κ2) is 12.0. The second-order valence-electron chi connectivity index (χ2n) is 14.0. The van der Waals surface area contributed by atoms with Crippen molar-refractivity contribution >= 4 is 74.6 Å². The summed E-state index contributed by atoms with van der Waals surface area (Å²) in [5, 5.41) is 12.7. The summed E-state index contributed by atoms with van der Waals surface area (Å²) in [7, 11) is 0. The fraction of sp³-hybridized carbons (Fsp3) is 0. The van der Waals surface area contributed by atoms with Crippen LogP contribution >= 0.6 is 11.3 Å². The molecule has 0 aliphatic carbocycles. The predicted molar refractivity (Wildman–Crippen MR) is 231 cm³/mol. The van der Waals surface area contributed by atoms with Crippen molar-refractivity contribution in [1.29, 1.82) is 0 Å². The van der Waals surface area contributed by atoms with Crippen molar-refractivity contribution in [3.05, 3.63) is 194 Å². The Kier molecular flexibility index (Phi) is 6.83. The van der Waals surface area contributed by atoms with Gasteiger partial charge in [0.2, 0.25) is 0 Å². The zero-order valence-electron chi connectivity index (χ0n) is 28.9. The van der Waals surface area contributed by atoms with Crippen LogP contribution in [0.25, 0.3) is 108 Å². The first kappa shape index (κ1) is 30.1. The van der Waals surface area contributed by atoms with E-state index in [-0.39, 0.29) is 0 Å². The summed E-state index contributed by atoms with van der Waals surface area (Å²) in [5.74, 6) is 0.